The van der Waals surface area contributed by atoms with Gasteiger partial charge in [-0.05, 0) is 73.6 Å². The monoisotopic (exact) mass is 517 g/mol. The summed E-state index contributed by atoms with van der Waals surface area (Å²) < 4.78 is 0. The Bertz CT molecular complexity index is 1310. The van der Waals surface area contributed by atoms with Crippen molar-refractivity contribution in [2.24, 2.45) is 0 Å². The minimum Gasteiger partial charge on any atom is -0.385 e. The Hall–Kier alpha value is -3.56. The first-order valence-corrected chi connectivity index (χ1v) is 13.1. The molecule has 9 heteroatoms. The number of amidine groups is 1. The summed E-state index contributed by atoms with van der Waals surface area (Å²) in [7, 11) is 1.96. The highest BCUT2D eigenvalue weighted by molar-refractivity contribution is 8.19. The lowest BCUT2D eigenvalue weighted by Crippen LogP contribution is -2.28. The van der Waals surface area contributed by atoms with Gasteiger partial charge in [0, 0.05) is 42.1 Å². The summed E-state index contributed by atoms with van der Waals surface area (Å²) in [5, 5.41) is 12.5. The van der Waals surface area contributed by atoms with Gasteiger partial charge >= 0.3 is 0 Å². The molecule has 0 aliphatic carbocycles. The molecule has 0 atom stereocenters. The topological polar surface area (TPSA) is 89.4 Å². The Morgan fingerprint density at radius 1 is 1.06 bits per heavy atom. The lowest BCUT2D eigenvalue weighted by atomic mass is 10.1. The van der Waals surface area contributed by atoms with Crippen LogP contribution in [0.1, 0.15) is 29.8 Å². The van der Waals surface area contributed by atoms with Gasteiger partial charge < -0.3 is 10.2 Å². The van der Waals surface area contributed by atoms with Crippen molar-refractivity contribution in [1.29, 1.82) is 5.41 Å². The molecule has 5 rings (SSSR count). The van der Waals surface area contributed by atoms with Crippen molar-refractivity contribution in [3.63, 3.8) is 0 Å². The van der Waals surface area contributed by atoms with Gasteiger partial charge in [0.1, 0.15) is 4.91 Å². The van der Waals surface area contributed by atoms with Crippen LogP contribution in [0.5, 0.6) is 0 Å². The Labute approximate surface area is 219 Å². The quantitative estimate of drug-likeness (QED) is 0.325. The van der Waals surface area contributed by atoms with Crippen LogP contribution in [0.4, 0.5) is 11.4 Å². The van der Waals surface area contributed by atoms with Crippen molar-refractivity contribution in [3.8, 4) is 0 Å². The van der Waals surface area contributed by atoms with Gasteiger partial charge in [0.2, 0.25) is 0 Å². The van der Waals surface area contributed by atoms with Gasteiger partial charge in [0.25, 0.3) is 5.91 Å². The van der Waals surface area contributed by atoms with E-state index in [1.807, 2.05) is 79.5 Å². The molecule has 2 N–H and O–H groups in total. The van der Waals surface area contributed by atoms with E-state index in [9.17, 15) is 9.59 Å². The van der Waals surface area contributed by atoms with E-state index in [2.05, 4.69) is 10.3 Å². The molecule has 36 heavy (non-hydrogen) atoms. The number of Topliss-reactive ketones (excluding diaryl/α,β-unsaturated/α-hetero) is 1. The molecule has 0 unspecified atom stereocenters. The molecule has 1 fully saturated rings. The number of hydrogen-bond acceptors (Lipinski definition) is 8. The number of nitrogens with zero attached hydrogens (tertiary/aromatic N) is 3. The number of fused-ring (bicyclic) bond motifs is 1. The average molecular weight is 518 g/mol. The lowest BCUT2D eigenvalue weighted by molar-refractivity contribution is -0.122. The maximum atomic E-state index is 12.8. The zero-order chi connectivity index (χ0) is 25.7. The molecule has 184 valence electrons. The van der Waals surface area contributed by atoms with Crippen LogP contribution < -0.4 is 10.2 Å². The highest BCUT2D eigenvalue weighted by atomic mass is 32.2. The second-order valence-corrected chi connectivity index (χ2v) is 10.1. The zero-order valence-corrected chi connectivity index (χ0v) is 22.0. The molecule has 1 aromatic heterocycles. The molecule has 3 aromatic rings. The Balaban J connectivity index is 0.000000214. The molecular formula is C27H27N5O2S2. The number of benzene rings is 2. The van der Waals surface area contributed by atoms with Crippen LogP contribution in [0.2, 0.25) is 0 Å². The third-order valence-electron chi connectivity index (χ3n) is 5.55. The molecule has 3 heterocycles. The van der Waals surface area contributed by atoms with Gasteiger partial charge in [0.05, 0.1) is 17.3 Å². The highest BCUT2D eigenvalue weighted by Gasteiger charge is 2.38. The number of ketones is 1. The number of anilines is 2. The minimum absolute atomic E-state index is 0.109. The SMILES string of the molecule is CCNc1ccc(C(C)=O)cc1.CN1/C(=C2/SC(=N)N(Cc3cccnc3)C2=O)Sc2ccccc21. The fraction of sp³-hybridized carbons (Fsp3) is 0.185. The number of hydrogen-bond donors (Lipinski definition) is 2. The van der Waals surface area contributed by atoms with Gasteiger partial charge in [-0.2, -0.15) is 0 Å². The van der Waals surface area contributed by atoms with Crippen molar-refractivity contribution in [2.45, 2.75) is 25.3 Å². The molecule has 0 saturated carbocycles. The van der Waals surface area contributed by atoms with Gasteiger partial charge in [-0.15, -0.1) is 0 Å². The van der Waals surface area contributed by atoms with Crippen LogP contribution in [0.25, 0.3) is 0 Å². The summed E-state index contributed by atoms with van der Waals surface area (Å²) in [5.41, 5.74) is 3.83. The minimum atomic E-state index is -0.115. The largest absolute Gasteiger partial charge is 0.385 e. The van der Waals surface area contributed by atoms with Gasteiger partial charge in [0.15, 0.2) is 11.0 Å². The van der Waals surface area contributed by atoms with Crippen molar-refractivity contribution in [3.05, 3.63) is 94.1 Å². The molecular weight excluding hydrogens is 490 g/mol. The molecule has 2 aliphatic heterocycles. The molecule has 0 bridgehead atoms. The molecule has 2 aromatic carbocycles. The van der Waals surface area contributed by atoms with Gasteiger partial charge in [-0.3, -0.25) is 24.9 Å². The molecule has 0 radical (unpaired) electrons. The van der Waals surface area contributed by atoms with E-state index in [4.69, 9.17) is 5.41 Å². The molecule has 1 saturated heterocycles. The lowest BCUT2D eigenvalue weighted by Gasteiger charge is -2.16. The van der Waals surface area contributed by atoms with Crippen LogP contribution in [0.15, 0.2) is 87.9 Å². The second kappa shape index (κ2) is 11.5. The Morgan fingerprint density at radius 2 is 1.81 bits per heavy atom. The zero-order valence-electron chi connectivity index (χ0n) is 20.3. The van der Waals surface area contributed by atoms with E-state index in [1.165, 1.54) is 16.7 Å². The Kier molecular flexibility index (Phi) is 8.12. The van der Waals surface area contributed by atoms with E-state index >= 15 is 0 Å². The van der Waals surface area contributed by atoms with Crippen LogP contribution in [0, 0.1) is 5.41 Å². The third kappa shape index (κ3) is 5.63. The molecule has 2 aliphatic rings. The number of nitrogens with one attached hydrogen (secondary N) is 2. The number of carbonyl (C=O) groups excluding carboxylic acids is 2. The van der Waals surface area contributed by atoms with E-state index < -0.39 is 0 Å². The Morgan fingerprint density at radius 3 is 2.44 bits per heavy atom. The summed E-state index contributed by atoms with van der Waals surface area (Å²) in [4.78, 5) is 33.1. The number of para-hydroxylation sites is 1. The van der Waals surface area contributed by atoms with Crippen molar-refractivity contribution < 1.29 is 9.59 Å². The van der Waals surface area contributed by atoms with Gasteiger partial charge in [-0.25, -0.2) is 0 Å². The summed E-state index contributed by atoms with van der Waals surface area (Å²) >= 11 is 2.81. The first kappa shape index (κ1) is 25.5. The van der Waals surface area contributed by atoms with Gasteiger partial charge in [-0.1, -0.05) is 30.0 Å². The summed E-state index contributed by atoms with van der Waals surface area (Å²) in [6.07, 6.45) is 3.42. The van der Waals surface area contributed by atoms with E-state index in [-0.39, 0.29) is 16.9 Å². The normalized spacial score (nSPS) is 16.5. The second-order valence-electron chi connectivity index (χ2n) is 8.09. The third-order valence-corrected chi connectivity index (χ3v) is 7.90. The molecule has 1 amide bonds. The maximum Gasteiger partial charge on any atom is 0.269 e. The van der Waals surface area contributed by atoms with Crippen LogP contribution in [-0.2, 0) is 11.3 Å². The number of carbonyl (C=O) groups is 2. The number of thioether (sulfide) groups is 2. The van der Waals surface area contributed by atoms with Crippen molar-refractivity contribution in [1.82, 2.24) is 9.88 Å². The number of amides is 1. The number of pyridine rings is 1. The average Bonchev–Trinajstić information content (AvgIpc) is 3.36. The number of aromatic nitrogens is 1. The molecule has 0 spiro atoms. The highest BCUT2D eigenvalue weighted by Crippen LogP contribution is 2.49. The summed E-state index contributed by atoms with van der Waals surface area (Å²) in [6.45, 7) is 4.89. The first-order chi connectivity index (χ1) is 17.4. The van der Waals surface area contributed by atoms with Crippen molar-refractivity contribution in [2.75, 3.05) is 23.8 Å². The van der Waals surface area contributed by atoms with Crippen LogP contribution in [-0.4, -0.2) is 40.3 Å². The first-order valence-electron chi connectivity index (χ1n) is 11.5. The van der Waals surface area contributed by atoms with E-state index in [1.54, 1.807) is 31.1 Å². The van der Waals surface area contributed by atoms with Crippen LogP contribution in [0.3, 0.4) is 0 Å². The van der Waals surface area contributed by atoms with E-state index in [0.717, 1.165) is 39.0 Å². The van der Waals surface area contributed by atoms with Crippen molar-refractivity contribution >= 4 is 51.8 Å². The fourth-order valence-electron chi connectivity index (χ4n) is 3.69. The predicted molar refractivity (Wildman–Crippen MR) is 148 cm³/mol. The van der Waals surface area contributed by atoms with E-state index in [0.29, 0.717) is 11.4 Å². The fourth-order valence-corrected chi connectivity index (χ4v) is 5.89. The molecule has 7 nitrogen and oxygen atoms in total. The maximum absolute atomic E-state index is 12.8. The predicted octanol–water partition coefficient (Wildman–Crippen LogP) is 5.82. The summed E-state index contributed by atoms with van der Waals surface area (Å²) in [6, 6.07) is 19.3. The smallest absolute Gasteiger partial charge is 0.269 e. The standard InChI is InChI=1S/C17H14N4OS2.C10H13NO/c1-20-12-6-2-3-7-13(12)23-16(20)14-15(22)21(17(18)24-14)10-11-5-4-8-19-9-11;1-3-11-10-6-4-9(5-7-10)8(2)12/h2-9,18H,10H2,1H3;4-7,11H,3H2,1-2H3/b16-14-,18-17?;. The van der Waals surface area contributed by atoms with Crippen LogP contribution >= 0.6 is 23.5 Å². The summed E-state index contributed by atoms with van der Waals surface area (Å²) in [5.74, 6) is -0.00550. The number of rotatable bonds is 5.